The number of aliphatic carboxylic acids is 2. The average molecular weight is 392 g/mol. The molecule has 1 amide bonds. The summed E-state index contributed by atoms with van der Waals surface area (Å²) in [5, 5.41) is 20.5. The lowest BCUT2D eigenvalue weighted by molar-refractivity contribution is -0.141. The van der Waals surface area contributed by atoms with Gasteiger partial charge in [-0.1, -0.05) is 38.1 Å². The summed E-state index contributed by atoms with van der Waals surface area (Å²) in [7, 11) is 0. The van der Waals surface area contributed by atoms with Crippen molar-refractivity contribution >= 4 is 17.8 Å². The molecule has 0 bridgehead atoms. The Balaban J connectivity index is 2.36. The summed E-state index contributed by atoms with van der Waals surface area (Å²) >= 11 is 0. The minimum Gasteiger partial charge on any atom is -0.480 e. The van der Waals surface area contributed by atoms with Crippen LogP contribution in [0.4, 0.5) is 0 Å². The molecule has 1 atom stereocenters. The van der Waals surface area contributed by atoms with Crippen molar-refractivity contribution in [2.24, 2.45) is 5.92 Å². The number of rotatable bonds is 13. The first-order chi connectivity index (χ1) is 13.2. The van der Waals surface area contributed by atoms with Gasteiger partial charge in [0.1, 0.15) is 0 Å². The van der Waals surface area contributed by atoms with Gasteiger partial charge in [-0.2, -0.15) is 0 Å². The Morgan fingerprint density at radius 3 is 2.04 bits per heavy atom. The van der Waals surface area contributed by atoms with Gasteiger partial charge >= 0.3 is 11.9 Å². The summed E-state index contributed by atoms with van der Waals surface area (Å²) in [6.45, 7) is 6.45. The molecule has 0 aliphatic rings. The fraction of sp³-hybridized carbons (Fsp3) is 0.571. The van der Waals surface area contributed by atoms with Gasteiger partial charge in [0.25, 0.3) is 0 Å². The molecule has 0 saturated heterocycles. The number of carbonyl (C=O) groups is 3. The molecule has 7 heteroatoms. The summed E-state index contributed by atoms with van der Waals surface area (Å²) in [6.07, 6.45) is 2.28. The number of carboxylic acid groups (broad SMARTS) is 2. The molecular formula is C21H32N2O5. The van der Waals surface area contributed by atoms with Crippen molar-refractivity contribution in [3.8, 4) is 0 Å². The van der Waals surface area contributed by atoms with E-state index in [4.69, 9.17) is 10.2 Å². The van der Waals surface area contributed by atoms with Gasteiger partial charge in [-0.3, -0.25) is 19.3 Å². The van der Waals surface area contributed by atoms with Gasteiger partial charge in [0.15, 0.2) is 0 Å². The molecule has 28 heavy (non-hydrogen) atoms. The summed E-state index contributed by atoms with van der Waals surface area (Å²) in [6, 6.07) is 8.13. The summed E-state index contributed by atoms with van der Waals surface area (Å²) < 4.78 is 0. The van der Waals surface area contributed by atoms with Gasteiger partial charge in [0.2, 0.25) is 5.91 Å². The number of carbonyl (C=O) groups excluding carboxylic acids is 1. The molecule has 0 aromatic heterocycles. The molecular weight excluding hydrogens is 360 g/mol. The molecule has 0 fully saturated rings. The van der Waals surface area contributed by atoms with Crippen molar-refractivity contribution in [3.63, 3.8) is 0 Å². The SMILES string of the molecule is CC(C)Cc1ccc(C(C)C(=O)NCCCCN(CC(=O)O)CC(=O)O)cc1. The Hall–Kier alpha value is -2.41. The highest BCUT2D eigenvalue weighted by atomic mass is 16.4. The fourth-order valence-electron chi connectivity index (χ4n) is 2.99. The van der Waals surface area contributed by atoms with Crippen LogP contribution < -0.4 is 5.32 Å². The minimum atomic E-state index is -1.05. The van der Waals surface area contributed by atoms with E-state index in [1.807, 2.05) is 19.1 Å². The van der Waals surface area contributed by atoms with E-state index in [0.717, 1.165) is 12.0 Å². The number of hydrogen-bond donors (Lipinski definition) is 3. The fourth-order valence-corrected chi connectivity index (χ4v) is 2.99. The molecule has 1 rings (SSSR count). The topological polar surface area (TPSA) is 107 Å². The number of unbranched alkanes of at least 4 members (excludes halogenated alkanes) is 1. The van der Waals surface area contributed by atoms with Gasteiger partial charge in [0.05, 0.1) is 19.0 Å². The molecule has 0 aliphatic carbocycles. The predicted molar refractivity (Wildman–Crippen MR) is 107 cm³/mol. The van der Waals surface area contributed by atoms with Crippen molar-refractivity contribution < 1.29 is 24.6 Å². The third-order valence-corrected chi connectivity index (χ3v) is 4.44. The van der Waals surface area contributed by atoms with Crippen molar-refractivity contribution in [2.45, 2.75) is 46.0 Å². The van der Waals surface area contributed by atoms with Crippen LogP contribution in [0.25, 0.3) is 0 Å². The third-order valence-electron chi connectivity index (χ3n) is 4.44. The molecule has 156 valence electrons. The second-order valence-electron chi connectivity index (χ2n) is 7.56. The van der Waals surface area contributed by atoms with Gasteiger partial charge in [-0.05, 0) is 49.8 Å². The van der Waals surface area contributed by atoms with Crippen LogP contribution in [0.15, 0.2) is 24.3 Å². The Labute approximate surface area is 166 Å². The molecule has 1 unspecified atom stereocenters. The highest BCUT2D eigenvalue weighted by Crippen LogP contribution is 2.17. The van der Waals surface area contributed by atoms with E-state index in [1.54, 1.807) is 0 Å². The Kier molecular flexibility index (Phi) is 10.2. The maximum absolute atomic E-state index is 12.3. The zero-order valence-corrected chi connectivity index (χ0v) is 17.0. The number of benzene rings is 1. The zero-order valence-electron chi connectivity index (χ0n) is 17.0. The number of hydrogen-bond acceptors (Lipinski definition) is 4. The highest BCUT2D eigenvalue weighted by molar-refractivity contribution is 5.83. The second kappa shape index (κ2) is 12.1. The number of carboxylic acids is 2. The standard InChI is InChI=1S/C21H32N2O5/c1-15(2)12-17-6-8-18(9-7-17)16(3)21(28)22-10-4-5-11-23(13-19(24)25)14-20(26)27/h6-9,15-16H,4-5,10-14H2,1-3H3,(H,22,28)(H,24,25)(H,26,27). The van der Waals surface area contributed by atoms with Crippen LogP contribution in [0.3, 0.4) is 0 Å². The maximum atomic E-state index is 12.3. The van der Waals surface area contributed by atoms with Gasteiger partial charge in [-0.15, -0.1) is 0 Å². The Morgan fingerprint density at radius 2 is 1.54 bits per heavy atom. The van der Waals surface area contributed by atoms with Crippen LogP contribution in [0, 0.1) is 5.92 Å². The molecule has 0 aliphatic heterocycles. The highest BCUT2D eigenvalue weighted by Gasteiger charge is 2.15. The average Bonchev–Trinajstić information content (AvgIpc) is 2.59. The van der Waals surface area contributed by atoms with Gasteiger partial charge < -0.3 is 15.5 Å². The van der Waals surface area contributed by atoms with Crippen molar-refractivity contribution in [1.29, 1.82) is 0 Å². The van der Waals surface area contributed by atoms with Gasteiger partial charge in [-0.25, -0.2) is 0 Å². The molecule has 0 spiro atoms. The largest absolute Gasteiger partial charge is 0.480 e. The van der Waals surface area contributed by atoms with E-state index in [9.17, 15) is 14.4 Å². The minimum absolute atomic E-state index is 0.0514. The predicted octanol–water partition coefficient (Wildman–Crippen LogP) is 2.36. The molecule has 0 radical (unpaired) electrons. The normalized spacial score (nSPS) is 12.2. The number of nitrogens with zero attached hydrogens (tertiary/aromatic N) is 1. The summed E-state index contributed by atoms with van der Waals surface area (Å²) in [5.41, 5.74) is 2.23. The van der Waals surface area contributed by atoms with Crippen molar-refractivity contribution in [1.82, 2.24) is 10.2 Å². The molecule has 0 heterocycles. The quantitative estimate of drug-likeness (QED) is 0.445. The summed E-state index contributed by atoms with van der Waals surface area (Å²) in [5.74, 6) is -1.81. The first kappa shape index (κ1) is 23.6. The van der Waals surface area contributed by atoms with Gasteiger partial charge in [0, 0.05) is 6.54 Å². The third kappa shape index (κ3) is 9.50. The van der Waals surface area contributed by atoms with Crippen LogP contribution in [-0.2, 0) is 20.8 Å². The zero-order chi connectivity index (χ0) is 21.1. The van der Waals surface area contributed by atoms with E-state index in [0.29, 0.717) is 31.8 Å². The van der Waals surface area contributed by atoms with Crippen LogP contribution >= 0.6 is 0 Å². The van der Waals surface area contributed by atoms with E-state index in [2.05, 4.69) is 31.3 Å². The van der Waals surface area contributed by atoms with Crippen LogP contribution in [-0.4, -0.2) is 59.1 Å². The summed E-state index contributed by atoms with van der Waals surface area (Å²) in [4.78, 5) is 35.2. The number of amides is 1. The number of nitrogens with one attached hydrogen (secondary N) is 1. The maximum Gasteiger partial charge on any atom is 0.317 e. The lowest BCUT2D eigenvalue weighted by Crippen LogP contribution is -2.35. The molecule has 1 aromatic carbocycles. The molecule has 3 N–H and O–H groups in total. The first-order valence-electron chi connectivity index (χ1n) is 9.71. The van der Waals surface area contributed by atoms with Crippen LogP contribution in [0.2, 0.25) is 0 Å². The van der Waals surface area contributed by atoms with E-state index < -0.39 is 11.9 Å². The lowest BCUT2D eigenvalue weighted by atomic mass is 9.96. The Bertz CT molecular complexity index is 627. The Morgan fingerprint density at radius 1 is 0.964 bits per heavy atom. The molecule has 0 saturated carbocycles. The van der Waals surface area contributed by atoms with Crippen LogP contribution in [0.5, 0.6) is 0 Å². The molecule has 1 aromatic rings. The smallest absolute Gasteiger partial charge is 0.317 e. The molecule has 7 nitrogen and oxygen atoms in total. The van der Waals surface area contributed by atoms with E-state index in [-0.39, 0.29) is 24.9 Å². The van der Waals surface area contributed by atoms with Crippen LogP contribution in [0.1, 0.15) is 50.7 Å². The van der Waals surface area contributed by atoms with E-state index in [1.165, 1.54) is 10.5 Å². The monoisotopic (exact) mass is 392 g/mol. The van der Waals surface area contributed by atoms with E-state index >= 15 is 0 Å². The van der Waals surface area contributed by atoms with Crippen molar-refractivity contribution in [2.75, 3.05) is 26.2 Å². The van der Waals surface area contributed by atoms with Crippen molar-refractivity contribution in [3.05, 3.63) is 35.4 Å². The first-order valence-corrected chi connectivity index (χ1v) is 9.71. The lowest BCUT2D eigenvalue weighted by Gasteiger charge is -2.18. The second-order valence-corrected chi connectivity index (χ2v) is 7.56.